The SMILES string of the molecule is CCOC(=O)CC1CCCC(C)=C1C. The van der Waals surface area contributed by atoms with Crippen molar-refractivity contribution in [2.75, 3.05) is 6.61 Å². The van der Waals surface area contributed by atoms with Crippen LogP contribution in [0.4, 0.5) is 0 Å². The summed E-state index contributed by atoms with van der Waals surface area (Å²) in [4.78, 5) is 11.3. The molecule has 2 nitrogen and oxygen atoms in total. The number of hydrogen-bond donors (Lipinski definition) is 0. The molecule has 0 saturated carbocycles. The Morgan fingerprint density at radius 3 is 2.86 bits per heavy atom. The maximum atomic E-state index is 11.3. The monoisotopic (exact) mass is 196 g/mol. The van der Waals surface area contributed by atoms with Crippen LogP contribution in [0.1, 0.15) is 46.5 Å². The molecule has 0 aromatic heterocycles. The lowest BCUT2D eigenvalue weighted by Crippen LogP contribution is -2.16. The van der Waals surface area contributed by atoms with E-state index in [4.69, 9.17) is 4.74 Å². The standard InChI is InChI=1S/C12H20O2/c1-4-14-12(13)8-11-7-5-6-9(2)10(11)3/h11H,4-8H2,1-3H3. The van der Waals surface area contributed by atoms with Gasteiger partial charge in [0.1, 0.15) is 0 Å². The van der Waals surface area contributed by atoms with Gasteiger partial charge in [0.05, 0.1) is 13.0 Å². The van der Waals surface area contributed by atoms with Crippen LogP contribution < -0.4 is 0 Å². The van der Waals surface area contributed by atoms with Gasteiger partial charge in [0.15, 0.2) is 0 Å². The molecule has 0 fully saturated rings. The Kier molecular flexibility index (Phi) is 4.18. The van der Waals surface area contributed by atoms with E-state index in [9.17, 15) is 4.79 Å². The number of hydrogen-bond acceptors (Lipinski definition) is 2. The average molecular weight is 196 g/mol. The molecule has 0 radical (unpaired) electrons. The zero-order valence-electron chi connectivity index (χ0n) is 9.43. The van der Waals surface area contributed by atoms with Gasteiger partial charge in [0.25, 0.3) is 0 Å². The smallest absolute Gasteiger partial charge is 0.306 e. The number of allylic oxidation sites excluding steroid dienone is 2. The zero-order valence-corrected chi connectivity index (χ0v) is 9.43. The van der Waals surface area contributed by atoms with Crippen molar-refractivity contribution >= 4 is 5.97 Å². The predicted molar refractivity (Wildman–Crippen MR) is 57.0 cm³/mol. The normalized spacial score (nSPS) is 22.4. The van der Waals surface area contributed by atoms with Crippen LogP contribution in [0.3, 0.4) is 0 Å². The highest BCUT2D eigenvalue weighted by Gasteiger charge is 2.20. The molecule has 0 N–H and O–H groups in total. The van der Waals surface area contributed by atoms with Gasteiger partial charge in [0, 0.05) is 0 Å². The number of esters is 1. The van der Waals surface area contributed by atoms with Gasteiger partial charge in [-0.15, -0.1) is 0 Å². The quantitative estimate of drug-likeness (QED) is 0.512. The van der Waals surface area contributed by atoms with Crippen molar-refractivity contribution < 1.29 is 9.53 Å². The molecule has 0 aromatic rings. The molecule has 1 aliphatic rings. The van der Waals surface area contributed by atoms with Crippen LogP contribution in [-0.4, -0.2) is 12.6 Å². The van der Waals surface area contributed by atoms with Crippen molar-refractivity contribution in [2.24, 2.45) is 5.92 Å². The zero-order chi connectivity index (χ0) is 10.6. The molecule has 0 saturated heterocycles. The Labute approximate surface area is 86.3 Å². The molecule has 1 rings (SSSR count). The minimum Gasteiger partial charge on any atom is -0.466 e. The summed E-state index contributed by atoms with van der Waals surface area (Å²) < 4.78 is 4.97. The second kappa shape index (κ2) is 5.18. The third-order valence-electron chi connectivity index (χ3n) is 3.11. The largest absolute Gasteiger partial charge is 0.466 e. The molecule has 80 valence electrons. The Morgan fingerprint density at radius 2 is 2.21 bits per heavy atom. The summed E-state index contributed by atoms with van der Waals surface area (Å²) in [6.45, 7) is 6.67. The van der Waals surface area contributed by atoms with Crippen LogP contribution in [0, 0.1) is 5.92 Å². The number of carbonyl (C=O) groups is 1. The summed E-state index contributed by atoms with van der Waals surface area (Å²) in [5.74, 6) is 0.384. The van der Waals surface area contributed by atoms with Gasteiger partial charge < -0.3 is 4.74 Å². The summed E-state index contributed by atoms with van der Waals surface area (Å²) in [6, 6.07) is 0. The molecule has 0 spiro atoms. The van der Waals surface area contributed by atoms with Gasteiger partial charge in [-0.1, -0.05) is 11.1 Å². The maximum absolute atomic E-state index is 11.3. The van der Waals surface area contributed by atoms with E-state index in [1.807, 2.05) is 6.92 Å². The fourth-order valence-electron chi connectivity index (χ4n) is 2.05. The Bertz CT molecular complexity index is 241. The summed E-state index contributed by atoms with van der Waals surface area (Å²) in [5, 5.41) is 0. The lowest BCUT2D eigenvalue weighted by atomic mass is 9.82. The molecule has 0 aromatic carbocycles. The predicted octanol–water partition coefficient (Wildman–Crippen LogP) is 3.08. The van der Waals surface area contributed by atoms with Gasteiger partial charge in [-0.2, -0.15) is 0 Å². The van der Waals surface area contributed by atoms with E-state index in [2.05, 4.69) is 13.8 Å². The molecular formula is C12H20O2. The third kappa shape index (κ3) is 2.86. The van der Waals surface area contributed by atoms with E-state index < -0.39 is 0 Å². The van der Waals surface area contributed by atoms with Crippen molar-refractivity contribution in [3.8, 4) is 0 Å². The molecule has 0 aliphatic heterocycles. The molecule has 0 bridgehead atoms. The van der Waals surface area contributed by atoms with Crippen LogP contribution in [0.5, 0.6) is 0 Å². The summed E-state index contributed by atoms with van der Waals surface area (Å²) in [7, 11) is 0. The summed E-state index contributed by atoms with van der Waals surface area (Å²) in [6.07, 6.45) is 4.12. The summed E-state index contributed by atoms with van der Waals surface area (Å²) in [5.41, 5.74) is 2.87. The number of carbonyl (C=O) groups excluding carboxylic acids is 1. The van der Waals surface area contributed by atoms with Gasteiger partial charge in [-0.3, -0.25) is 4.79 Å². The van der Waals surface area contributed by atoms with E-state index in [1.165, 1.54) is 24.0 Å². The lowest BCUT2D eigenvalue weighted by Gasteiger charge is -2.24. The highest BCUT2D eigenvalue weighted by molar-refractivity contribution is 5.70. The van der Waals surface area contributed by atoms with Gasteiger partial charge in [-0.25, -0.2) is 0 Å². The highest BCUT2D eigenvalue weighted by atomic mass is 16.5. The molecule has 1 atom stereocenters. The van der Waals surface area contributed by atoms with Crippen molar-refractivity contribution in [3.63, 3.8) is 0 Å². The fraction of sp³-hybridized carbons (Fsp3) is 0.750. The molecule has 0 heterocycles. The van der Waals surface area contributed by atoms with E-state index in [1.54, 1.807) is 0 Å². The van der Waals surface area contributed by atoms with Crippen molar-refractivity contribution in [1.82, 2.24) is 0 Å². The van der Waals surface area contributed by atoms with Crippen LogP contribution >= 0.6 is 0 Å². The van der Waals surface area contributed by atoms with Crippen LogP contribution in [0.15, 0.2) is 11.1 Å². The van der Waals surface area contributed by atoms with Crippen molar-refractivity contribution in [3.05, 3.63) is 11.1 Å². The lowest BCUT2D eigenvalue weighted by molar-refractivity contribution is -0.144. The average Bonchev–Trinajstić information content (AvgIpc) is 2.13. The second-order valence-corrected chi connectivity index (χ2v) is 4.06. The Balaban J connectivity index is 2.52. The van der Waals surface area contributed by atoms with Crippen molar-refractivity contribution in [2.45, 2.75) is 46.5 Å². The molecule has 1 aliphatic carbocycles. The summed E-state index contributed by atoms with van der Waals surface area (Å²) >= 11 is 0. The van der Waals surface area contributed by atoms with Crippen LogP contribution in [-0.2, 0) is 9.53 Å². The maximum Gasteiger partial charge on any atom is 0.306 e. The molecular weight excluding hydrogens is 176 g/mol. The number of rotatable bonds is 3. The van der Waals surface area contributed by atoms with Crippen LogP contribution in [0.25, 0.3) is 0 Å². The topological polar surface area (TPSA) is 26.3 Å². The van der Waals surface area contributed by atoms with Gasteiger partial charge in [-0.05, 0) is 46.0 Å². The molecule has 14 heavy (non-hydrogen) atoms. The first-order chi connectivity index (χ1) is 6.65. The van der Waals surface area contributed by atoms with Crippen LogP contribution in [0.2, 0.25) is 0 Å². The molecule has 0 amide bonds. The molecule has 1 unspecified atom stereocenters. The Hall–Kier alpha value is -0.790. The van der Waals surface area contributed by atoms with E-state index in [0.29, 0.717) is 18.9 Å². The van der Waals surface area contributed by atoms with E-state index >= 15 is 0 Å². The molecule has 2 heteroatoms. The highest BCUT2D eigenvalue weighted by Crippen LogP contribution is 2.31. The fourth-order valence-corrected chi connectivity index (χ4v) is 2.05. The first-order valence-corrected chi connectivity index (χ1v) is 5.47. The first-order valence-electron chi connectivity index (χ1n) is 5.47. The number of ether oxygens (including phenoxy) is 1. The van der Waals surface area contributed by atoms with Gasteiger partial charge >= 0.3 is 5.97 Å². The van der Waals surface area contributed by atoms with E-state index in [0.717, 1.165) is 6.42 Å². The Morgan fingerprint density at radius 1 is 1.50 bits per heavy atom. The second-order valence-electron chi connectivity index (χ2n) is 4.06. The van der Waals surface area contributed by atoms with Crippen molar-refractivity contribution in [1.29, 1.82) is 0 Å². The van der Waals surface area contributed by atoms with E-state index in [-0.39, 0.29) is 5.97 Å². The first kappa shape index (κ1) is 11.3. The van der Waals surface area contributed by atoms with Gasteiger partial charge in [0.2, 0.25) is 0 Å². The minimum absolute atomic E-state index is 0.0495. The minimum atomic E-state index is -0.0495. The third-order valence-corrected chi connectivity index (χ3v) is 3.11.